The Hall–Kier alpha value is -2.09. The fourth-order valence-electron chi connectivity index (χ4n) is 2.97. The lowest BCUT2D eigenvalue weighted by atomic mass is 9.95. The molecule has 0 fully saturated rings. The molecule has 0 aromatic heterocycles. The third-order valence-electron chi connectivity index (χ3n) is 4.56. The maximum atomic E-state index is 12.2. The monoisotopic (exact) mass is 338 g/mol. The SMILES string of the molecule is CCCCCCC(C)Cc1ccc(C(=O)Oc2ccc(C)cc2)cc1. The minimum absolute atomic E-state index is 0.303. The van der Waals surface area contributed by atoms with Crippen LogP contribution < -0.4 is 4.74 Å². The highest BCUT2D eigenvalue weighted by atomic mass is 16.5. The highest BCUT2D eigenvalue weighted by Gasteiger charge is 2.09. The van der Waals surface area contributed by atoms with Crippen LogP contribution in [0.25, 0.3) is 0 Å². The molecule has 1 unspecified atom stereocenters. The fourth-order valence-corrected chi connectivity index (χ4v) is 2.97. The summed E-state index contributed by atoms with van der Waals surface area (Å²) in [5.74, 6) is 0.964. The number of ether oxygens (including phenoxy) is 1. The van der Waals surface area contributed by atoms with E-state index in [9.17, 15) is 4.79 Å². The van der Waals surface area contributed by atoms with E-state index in [0.717, 1.165) is 12.0 Å². The molecule has 0 heterocycles. The van der Waals surface area contributed by atoms with Gasteiger partial charge in [-0.1, -0.05) is 75.8 Å². The third-order valence-corrected chi connectivity index (χ3v) is 4.56. The van der Waals surface area contributed by atoms with Gasteiger partial charge in [0, 0.05) is 0 Å². The second-order valence-electron chi connectivity index (χ2n) is 7.06. The molecule has 2 aromatic rings. The number of aryl methyl sites for hydroxylation is 1. The predicted molar refractivity (Wildman–Crippen MR) is 104 cm³/mol. The minimum Gasteiger partial charge on any atom is -0.423 e. The first-order chi connectivity index (χ1) is 12.1. The number of rotatable bonds is 9. The zero-order chi connectivity index (χ0) is 18.1. The molecular weight excluding hydrogens is 308 g/mol. The topological polar surface area (TPSA) is 26.3 Å². The Morgan fingerprint density at radius 2 is 1.64 bits per heavy atom. The Labute approximate surface area is 152 Å². The molecule has 0 amide bonds. The van der Waals surface area contributed by atoms with Crippen LogP contribution in [0.1, 0.15) is 67.4 Å². The predicted octanol–water partition coefficient (Wildman–Crippen LogP) is 6.36. The molecule has 0 aliphatic heterocycles. The molecule has 2 heteroatoms. The van der Waals surface area contributed by atoms with Gasteiger partial charge in [0.15, 0.2) is 0 Å². The van der Waals surface area contributed by atoms with Gasteiger partial charge < -0.3 is 4.74 Å². The van der Waals surface area contributed by atoms with E-state index in [0.29, 0.717) is 17.2 Å². The van der Waals surface area contributed by atoms with E-state index in [1.54, 1.807) is 0 Å². The second kappa shape index (κ2) is 10.0. The molecule has 0 spiro atoms. The van der Waals surface area contributed by atoms with Crippen LogP contribution in [0.5, 0.6) is 5.75 Å². The fraction of sp³-hybridized carbons (Fsp3) is 0.435. The van der Waals surface area contributed by atoms with Gasteiger partial charge in [-0.25, -0.2) is 4.79 Å². The van der Waals surface area contributed by atoms with Crippen LogP contribution in [0.15, 0.2) is 48.5 Å². The molecule has 25 heavy (non-hydrogen) atoms. The second-order valence-corrected chi connectivity index (χ2v) is 7.06. The van der Waals surface area contributed by atoms with Crippen molar-refractivity contribution in [2.75, 3.05) is 0 Å². The van der Waals surface area contributed by atoms with Crippen molar-refractivity contribution < 1.29 is 9.53 Å². The normalized spacial score (nSPS) is 12.0. The molecule has 2 rings (SSSR count). The van der Waals surface area contributed by atoms with Gasteiger partial charge in [0.2, 0.25) is 0 Å². The van der Waals surface area contributed by atoms with Crippen LogP contribution >= 0.6 is 0 Å². The standard InChI is InChI=1S/C23H30O2/c1-4-5-6-7-8-19(3)17-20-11-13-21(14-12-20)23(24)25-22-15-9-18(2)10-16-22/h9-16,19H,4-8,17H2,1-3H3. The maximum absolute atomic E-state index is 12.2. The highest BCUT2D eigenvalue weighted by molar-refractivity contribution is 5.91. The Morgan fingerprint density at radius 1 is 0.960 bits per heavy atom. The highest BCUT2D eigenvalue weighted by Crippen LogP contribution is 2.18. The maximum Gasteiger partial charge on any atom is 0.343 e. The van der Waals surface area contributed by atoms with E-state index in [4.69, 9.17) is 4.74 Å². The molecule has 0 aliphatic rings. The summed E-state index contributed by atoms with van der Waals surface area (Å²) >= 11 is 0. The molecule has 0 aliphatic carbocycles. The summed E-state index contributed by atoms with van der Waals surface area (Å²) in [6, 6.07) is 15.4. The van der Waals surface area contributed by atoms with Gasteiger partial charge in [0.1, 0.15) is 5.75 Å². The van der Waals surface area contributed by atoms with Crippen molar-refractivity contribution in [1.29, 1.82) is 0 Å². The summed E-state index contributed by atoms with van der Waals surface area (Å²) in [6.07, 6.45) is 7.62. The molecular formula is C23H30O2. The van der Waals surface area contributed by atoms with Gasteiger partial charge in [0.05, 0.1) is 5.56 Å². The summed E-state index contributed by atoms with van der Waals surface area (Å²) < 4.78 is 5.41. The molecule has 2 aromatic carbocycles. The van der Waals surface area contributed by atoms with Crippen LogP contribution in [-0.2, 0) is 6.42 Å². The summed E-state index contributed by atoms with van der Waals surface area (Å²) in [5, 5.41) is 0. The van der Waals surface area contributed by atoms with Crippen molar-refractivity contribution in [3.05, 3.63) is 65.2 Å². The summed E-state index contributed by atoms with van der Waals surface area (Å²) in [5.41, 5.74) is 3.03. The van der Waals surface area contributed by atoms with Crippen LogP contribution in [0, 0.1) is 12.8 Å². The zero-order valence-corrected chi connectivity index (χ0v) is 15.8. The van der Waals surface area contributed by atoms with Crippen LogP contribution in [0.3, 0.4) is 0 Å². The minimum atomic E-state index is -0.303. The smallest absolute Gasteiger partial charge is 0.343 e. The molecule has 2 nitrogen and oxygen atoms in total. The van der Waals surface area contributed by atoms with E-state index >= 15 is 0 Å². The number of carbonyl (C=O) groups excluding carboxylic acids is 1. The lowest BCUT2D eigenvalue weighted by molar-refractivity contribution is 0.0734. The number of hydrogen-bond donors (Lipinski definition) is 0. The third kappa shape index (κ3) is 6.74. The average Bonchev–Trinajstić information content (AvgIpc) is 2.61. The van der Waals surface area contributed by atoms with Crippen LogP contribution in [-0.4, -0.2) is 5.97 Å². The molecule has 0 saturated carbocycles. The number of benzene rings is 2. The van der Waals surface area contributed by atoms with Gasteiger partial charge in [0.25, 0.3) is 0 Å². The Kier molecular flexibility index (Phi) is 7.72. The van der Waals surface area contributed by atoms with Crippen molar-refractivity contribution in [2.24, 2.45) is 5.92 Å². The number of esters is 1. The largest absolute Gasteiger partial charge is 0.423 e. The van der Waals surface area contributed by atoms with Crippen molar-refractivity contribution in [3.8, 4) is 5.75 Å². The van der Waals surface area contributed by atoms with E-state index in [2.05, 4.69) is 13.8 Å². The van der Waals surface area contributed by atoms with E-state index in [-0.39, 0.29) is 5.97 Å². The first kappa shape index (κ1) is 19.2. The molecule has 134 valence electrons. The van der Waals surface area contributed by atoms with E-state index < -0.39 is 0 Å². The lowest BCUT2D eigenvalue weighted by Gasteiger charge is -2.11. The van der Waals surface area contributed by atoms with Crippen LogP contribution in [0.4, 0.5) is 0 Å². The number of hydrogen-bond acceptors (Lipinski definition) is 2. The molecule has 0 saturated heterocycles. The Morgan fingerprint density at radius 3 is 2.28 bits per heavy atom. The van der Waals surface area contributed by atoms with Crippen molar-refractivity contribution in [1.82, 2.24) is 0 Å². The first-order valence-corrected chi connectivity index (χ1v) is 9.46. The summed E-state index contributed by atoms with van der Waals surface area (Å²) in [7, 11) is 0. The first-order valence-electron chi connectivity index (χ1n) is 9.46. The Bertz CT molecular complexity index is 641. The number of carbonyl (C=O) groups is 1. The van der Waals surface area contributed by atoms with Crippen LogP contribution in [0.2, 0.25) is 0 Å². The zero-order valence-electron chi connectivity index (χ0n) is 15.8. The van der Waals surface area contributed by atoms with Crippen molar-refractivity contribution in [3.63, 3.8) is 0 Å². The van der Waals surface area contributed by atoms with Gasteiger partial charge in [-0.15, -0.1) is 0 Å². The number of unbranched alkanes of at least 4 members (excludes halogenated alkanes) is 3. The summed E-state index contributed by atoms with van der Waals surface area (Å²) in [6.45, 7) is 6.56. The molecule has 0 radical (unpaired) electrons. The van der Waals surface area contributed by atoms with Gasteiger partial charge in [-0.3, -0.25) is 0 Å². The van der Waals surface area contributed by atoms with E-state index in [1.807, 2.05) is 55.5 Å². The quantitative estimate of drug-likeness (QED) is 0.302. The molecule has 1 atom stereocenters. The van der Waals surface area contributed by atoms with Gasteiger partial charge in [-0.2, -0.15) is 0 Å². The van der Waals surface area contributed by atoms with Gasteiger partial charge in [-0.05, 0) is 49.1 Å². The molecule has 0 bridgehead atoms. The average molecular weight is 338 g/mol. The van der Waals surface area contributed by atoms with Crippen molar-refractivity contribution in [2.45, 2.75) is 59.3 Å². The Balaban J connectivity index is 1.84. The molecule has 0 N–H and O–H groups in total. The summed E-state index contributed by atoms with van der Waals surface area (Å²) in [4.78, 5) is 12.2. The van der Waals surface area contributed by atoms with Crippen molar-refractivity contribution >= 4 is 5.97 Å². The van der Waals surface area contributed by atoms with E-state index in [1.165, 1.54) is 37.7 Å². The van der Waals surface area contributed by atoms with Gasteiger partial charge >= 0.3 is 5.97 Å². The lowest BCUT2D eigenvalue weighted by Crippen LogP contribution is -2.08.